The van der Waals surface area contributed by atoms with Gasteiger partial charge in [0, 0.05) is 30.3 Å². The van der Waals surface area contributed by atoms with Crippen LogP contribution in [0.2, 0.25) is 5.02 Å². The van der Waals surface area contributed by atoms with Gasteiger partial charge in [-0.15, -0.1) is 13.2 Å². The minimum Gasteiger partial charge on any atom is -0.406 e. The Morgan fingerprint density at radius 2 is 1.74 bits per heavy atom. The standard InChI is InChI=1S/C24H18ClF4N3O2/c25-20-4-2-1-3-15(20)12-31-13-23(14-31)30-21-11-16(26)5-10-19(21)22(33)32(23)17-6-8-18(9-7-17)34-24(27,28)29/h1-11,30H,12-14H2. The highest BCUT2D eigenvalue weighted by atomic mass is 35.5. The van der Waals surface area contributed by atoms with Gasteiger partial charge >= 0.3 is 6.36 Å². The van der Waals surface area contributed by atoms with Crippen LogP contribution >= 0.6 is 11.6 Å². The van der Waals surface area contributed by atoms with Gasteiger partial charge in [-0.1, -0.05) is 29.8 Å². The van der Waals surface area contributed by atoms with Gasteiger partial charge in [0.15, 0.2) is 0 Å². The van der Waals surface area contributed by atoms with E-state index >= 15 is 0 Å². The molecule has 1 fully saturated rings. The summed E-state index contributed by atoms with van der Waals surface area (Å²) in [6, 6.07) is 16.4. The van der Waals surface area contributed by atoms with Crippen molar-refractivity contribution >= 4 is 28.9 Å². The molecule has 1 amide bonds. The van der Waals surface area contributed by atoms with E-state index in [4.69, 9.17) is 11.6 Å². The molecule has 0 aliphatic carbocycles. The molecule has 10 heteroatoms. The molecule has 3 aromatic rings. The molecule has 2 aliphatic rings. The lowest BCUT2D eigenvalue weighted by Gasteiger charge is -2.58. The van der Waals surface area contributed by atoms with Gasteiger partial charge in [-0.05, 0) is 54.1 Å². The van der Waals surface area contributed by atoms with Gasteiger partial charge in [-0.2, -0.15) is 0 Å². The summed E-state index contributed by atoms with van der Waals surface area (Å²) >= 11 is 6.28. The molecule has 3 aromatic carbocycles. The molecular formula is C24H18ClF4N3O2. The van der Waals surface area contributed by atoms with Gasteiger partial charge in [0.1, 0.15) is 17.2 Å². The maximum atomic E-state index is 13.9. The highest BCUT2D eigenvalue weighted by molar-refractivity contribution is 6.31. The van der Waals surface area contributed by atoms with Crippen molar-refractivity contribution in [3.05, 3.63) is 88.7 Å². The lowest BCUT2D eigenvalue weighted by Crippen LogP contribution is -2.76. The van der Waals surface area contributed by atoms with Crippen molar-refractivity contribution in [1.29, 1.82) is 0 Å². The molecule has 0 aromatic heterocycles. The number of hydrogen-bond donors (Lipinski definition) is 1. The molecule has 1 spiro atoms. The maximum absolute atomic E-state index is 13.9. The molecule has 5 rings (SSSR count). The number of rotatable bonds is 4. The number of alkyl halides is 3. The summed E-state index contributed by atoms with van der Waals surface area (Å²) in [6.45, 7) is 1.32. The summed E-state index contributed by atoms with van der Waals surface area (Å²) < 4.78 is 55.5. The Morgan fingerprint density at radius 3 is 2.41 bits per heavy atom. The quantitative estimate of drug-likeness (QED) is 0.478. The van der Waals surface area contributed by atoms with Crippen LogP contribution in [-0.4, -0.2) is 35.9 Å². The monoisotopic (exact) mass is 491 g/mol. The minimum atomic E-state index is -4.82. The number of carbonyl (C=O) groups is 1. The Hall–Kier alpha value is -3.30. The molecular weight excluding hydrogens is 474 g/mol. The van der Waals surface area contributed by atoms with E-state index in [1.54, 1.807) is 6.07 Å². The zero-order valence-corrected chi connectivity index (χ0v) is 18.3. The largest absolute Gasteiger partial charge is 0.573 e. The zero-order chi connectivity index (χ0) is 24.1. The van der Waals surface area contributed by atoms with Crippen LogP contribution in [0, 0.1) is 5.82 Å². The molecule has 0 bridgehead atoms. The molecule has 0 saturated carbocycles. The number of fused-ring (bicyclic) bond motifs is 1. The normalized spacial score (nSPS) is 17.2. The first-order valence-corrected chi connectivity index (χ1v) is 10.8. The number of nitrogens with zero attached hydrogens (tertiary/aromatic N) is 2. The van der Waals surface area contributed by atoms with Crippen LogP contribution in [-0.2, 0) is 6.54 Å². The van der Waals surface area contributed by atoms with Crippen molar-refractivity contribution < 1.29 is 27.1 Å². The summed E-state index contributed by atoms with van der Waals surface area (Å²) in [7, 11) is 0. The number of nitrogens with one attached hydrogen (secondary N) is 1. The van der Waals surface area contributed by atoms with Crippen molar-refractivity contribution in [2.75, 3.05) is 23.3 Å². The van der Waals surface area contributed by atoms with E-state index in [1.807, 2.05) is 18.2 Å². The number of likely N-dealkylation sites (tertiary alicyclic amines) is 1. The zero-order valence-electron chi connectivity index (χ0n) is 17.6. The van der Waals surface area contributed by atoms with Gasteiger partial charge in [0.05, 0.1) is 11.3 Å². The fraction of sp³-hybridized carbons (Fsp3) is 0.208. The Kier molecular flexibility index (Phi) is 5.41. The highest BCUT2D eigenvalue weighted by Gasteiger charge is 2.53. The van der Waals surface area contributed by atoms with Crippen LogP contribution in [0.3, 0.4) is 0 Å². The number of halogens is 5. The number of ether oxygens (including phenoxy) is 1. The van der Waals surface area contributed by atoms with Crippen LogP contribution in [0.5, 0.6) is 5.75 Å². The van der Waals surface area contributed by atoms with E-state index < -0.39 is 17.8 Å². The summed E-state index contributed by atoms with van der Waals surface area (Å²) in [5.41, 5.74) is 1.04. The van der Waals surface area contributed by atoms with Gasteiger partial charge < -0.3 is 10.1 Å². The average molecular weight is 492 g/mol. The van der Waals surface area contributed by atoms with E-state index in [1.165, 1.54) is 35.2 Å². The molecule has 34 heavy (non-hydrogen) atoms. The van der Waals surface area contributed by atoms with Crippen molar-refractivity contribution in [1.82, 2.24) is 4.90 Å². The van der Waals surface area contributed by atoms with Gasteiger partial charge in [0.25, 0.3) is 5.91 Å². The smallest absolute Gasteiger partial charge is 0.406 e. The van der Waals surface area contributed by atoms with Crippen molar-refractivity contribution in [2.24, 2.45) is 0 Å². The first-order chi connectivity index (χ1) is 16.1. The Morgan fingerprint density at radius 1 is 1.03 bits per heavy atom. The van der Waals surface area contributed by atoms with Gasteiger partial charge in [0.2, 0.25) is 0 Å². The molecule has 1 N–H and O–H groups in total. The molecule has 2 aliphatic heterocycles. The lowest BCUT2D eigenvalue weighted by molar-refractivity contribution is -0.274. The fourth-order valence-corrected chi connectivity index (χ4v) is 4.68. The Labute approximate surface area is 197 Å². The van der Waals surface area contributed by atoms with Gasteiger partial charge in [-0.3, -0.25) is 14.6 Å². The summed E-state index contributed by atoms with van der Waals surface area (Å²) in [6.07, 6.45) is -4.82. The summed E-state index contributed by atoms with van der Waals surface area (Å²) in [5.74, 6) is -1.25. The van der Waals surface area contributed by atoms with Crippen molar-refractivity contribution in [3.63, 3.8) is 0 Å². The molecule has 5 nitrogen and oxygen atoms in total. The molecule has 0 atom stereocenters. The van der Waals surface area contributed by atoms with Crippen LogP contribution in [0.15, 0.2) is 66.7 Å². The number of anilines is 2. The number of amides is 1. The maximum Gasteiger partial charge on any atom is 0.573 e. The van der Waals surface area contributed by atoms with Crippen LogP contribution in [0.4, 0.5) is 28.9 Å². The fourth-order valence-electron chi connectivity index (χ4n) is 4.48. The molecule has 1 saturated heterocycles. The summed E-state index contributed by atoms with van der Waals surface area (Å²) in [5, 5.41) is 3.92. The molecule has 0 radical (unpaired) electrons. The predicted molar refractivity (Wildman–Crippen MR) is 119 cm³/mol. The highest BCUT2D eigenvalue weighted by Crippen LogP contribution is 2.41. The minimum absolute atomic E-state index is 0.271. The van der Waals surface area contributed by atoms with Gasteiger partial charge in [-0.25, -0.2) is 4.39 Å². The average Bonchev–Trinajstić information content (AvgIpc) is 2.74. The van der Waals surface area contributed by atoms with Crippen molar-refractivity contribution in [2.45, 2.75) is 18.6 Å². The van der Waals surface area contributed by atoms with E-state index in [9.17, 15) is 22.4 Å². The molecule has 0 unspecified atom stereocenters. The predicted octanol–water partition coefficient (Wildman–Crippen LogP) is 5.66. The van der Waals surface area contributed by atoms with E-state index in [0.29, 0.717) is 36.0 Å². The van der Waals surface area contributed by atoms with Crippen LogP contribution in [0.25, 0.3) is 0 Å². The summed E-state index contributed by atoms with van der Waals surface area (Å²) in [4.78, 5) is 17.1. The number of hydrogen-bond acceptors (Lipinski definition) is 4. The topological polar surface area (TPSA) is 44.8 Å². The Bertz CT molecular complexity index is 1240. The van der Waals surface area contributed by atoms with E-state index in [-0.39, 0.29) is 17.2 Å². The second kappa shape index (κ2) is 8.18. The second-order valence-corrected chi connectivity index (χ2v) is 8.67. The first-order valence-electron chi connectivity index (χ1n) is 10.4. The third-order valence-electron chi connectivity index (χ3n) is 5.86. The van der Waals surface area contributed by atoms with E-state index in [2.05, 4.69) is 15.0 Å². The van der Waals surface area contributed by atoms with Crippen LogP contribution < -0.4 is 15.0 Å². The first kappa shape index (κ1) is 22.5. The third-order valence-corrected chi connectivity index (χ3v) is 6.23. The SMILES string of the molecule is O=C1c2ccc(F)cc2NC2(CN(Cc3ccccc3Cl)C2)N1c1ccc(OC(F)(F)F)cc1. The van der Waals surface area contributed by atoms with E-state index in [0.717, 1.165) is 17.7 Å². The lowest BCUT2D eigenvalue weighted by atomic mass is 9.90. The third kappa shape index (κ3) is 4.17. The second-order valence-electron chi connectivity index (χ2n) is 8.27. The van der Waals surface area contributed by atoms with Crippen molar-refractivity contribution in [3.8, 4) is 5.75 Å². The van der Waals surface area contributed by atoms with Crippen LogP contribution in [0.1, 0.15) is 15.9 Å². The number of carbonyl (C=O) groups excluding carboxylic acids is 1. The Balaban J connectivity index is 1.46. The molecule has 176 valence electrons. The number of benzene rings is 3. The molecule has 2 heterocycles.